The Morgan fingerprint density at radius 1 is 1.16 bits per heavy atom. The number of carbonyl (C=O) groups excluding carboxylic acids is 2. The van der Waals surface area contributed by atoms with Crippen LogP contribution in [0.15, 0.2) is 53.0 Å². The standard InChI is InChI=1S/C22H28BrN3O5S/c1-5-24-22(28)16(2)25(14-17-8-6-9-18(23)12-17)21(27)15-26(32(4,29)30)19-10-7-11-20(13-19)31-3/h6-13,16H,5,14-15H2,1-4H3,(H,24,28)/t16-/m1/s1. The van der Waals surface area contributed by atoms with Gasteiger partial charge < -0.3 is 15.0 Å². The lowest BCUT2D eigenvalue weighted by Crippen LogP contribution is -2.51. The monoisotopic (exact) mass is 525 g/mol. The number of likely N-dealkylation sites (N-methyl/N-ethyl adjacent to an activating group) is 1. The van der Waals surface area contributed by atoms with Crippen LogP contribution in [0.4, 0.5) is 5.69 Å². The molecule has 8 nitrogen and oxygen atoms in total. The number of hydrogen-bond donors (Lipinski definition) is 1. The summed E-state index contributed by atoms with van der Waals surface area (Å²) in [5, 5.41) is 2.72. The summed E-state index contributed by atoms with van der Waals surface area (Å²) < 4.78 is 32.1. The van der Waals surface area contributed by atoms with Gasteiger partial charge in [-0.2, -0.15) is 0 Å². The maximum atomic E-state index is 13.4. The third-order valence-corrected chi connectivity index (χ3v) is 6.41. The summed E-state index contributed by atoms with van der Waals surface area (Å²) in [4.78, 5) is 27.3. The molecular formula is C22H28BrN3O5S. The van der Waals surface area contributed by atoms with Gasteiger partial charge in [0.15, 0.2) is 0 Å². The molecule has 0 saturated carbocycles. The molecular weight excluding hydrogens is 498 g/mol. The zero-order chi connectivity index (χ0) is 23.9. The minimum atomic E-state index is -3.79. The zero-order valence-electron chi connectivity index (χ0n) is 18.5. The summed E-state index contributed by atoms with van der Waals surface area (Å²) in [5.74, 6) is -0.356. The molecule has 2 rings (SSSR count). The van der Waals surface area contributed by atoms with E-state index in [1.807, 2.05) is 24.3 Å². The van der Waals surface area contributed by atoms with Gasteiger partial charge in [-0.3, -0.25) is 13.9 Å². The van der Waals surface area contributed by atoms with Crippen molar-refractivity contribution in [1.29, 1.82) is 0 Å². The van der Waals surface area contributed by atoms with Crippen LogP contribution in [0, 0.1) is 0 Å². The SMILES string of the molecule is CCNC(=O)[C@@H](C)N(Cc1cccc(Br)c1)C(=O)CN(c1cccc(OC)c1)S(C)(=O)=O. The molecule has 2 aromatic carbocycles. The van der Waals surface area contributed by atoms with E-state index in [1.54, 1.807) is 38.1 Å². The van der Waals surface area contributed by atoms with Crippen LogP contribution >= 0.6 is 15.9 Å². The van der Waals surface area contributed by atoms with Crippen molar-refractivity contribution in [2.45, 2.75) is 26.4 Å². The van der Waals surface area contributed by atoms with Gasteiger partial charge in [-0.1, -0.05) is 34.1 Å². The van der Waals surface area contributed by atoms with Gasteiger partial charge in [0.2, 0.25) is 21.8 Å². The third-order valence-electron chi connectivity index (χ3n) is 4.78. The predicted octanol–water partition coefficient (Wildman–Crippen LogP) is 2.78. The van der Waals surface area contributed by atoms with Crippen molar-refractivity contribution in [2.75, 3.05) is 30.8 Å². The third kappa shape index (κ3) is 6.96. The highest BCUT2D eigenvalue weighted by Gasteiger charge is 2.30. The Morgan fingerprint density at radius 3 is 2.44 bits per heavy atom. The average molecular weight is 526 g/mol. The highest BCUT2D eigenvalue weighted by atomic mass is 79.9. The molecule has 0 aliphatic carbocycles. The lowest BCUT2D eigenvalue weighted by Gasteiger charge is -2.31. The van der Waals surface area contributed by atoms with Crippen molar-refractivity contribution in [3.8, 4) is 5.75 Å². The lowest BCUT2D eigenvalue weighted by atomic mass is 10.1. The molecule has 0 unspecified atom stereocenters. The van der Waals surface area contributed by atoms with E-state index in [1.165, 1.54) is 12.0 Å². The van der Waals surface area contributed by atoms with E-state index in [0.29, 0.717) is 18.0 Å². The smallest absolute Gasteiger partial charge is 0.244 e. The maximum Gasteiger partial charge on any atom is 0.244 e. The second-order valence-electron chi connectivity index (χ2n) is 7.19. The van der Waals surface area contributed by atoms with Gasteiger partial charge in [0.25, 0.3) is 0 Å². The van der Waals surface area contributed by atoms with Crippen LogP contribution in [0.5, 0.6) is 5.75 Å². The number of carbonyl (C=O) groups is 2. The molecule has 10 heteroatoms. The maximum absolute atomic E-state index is 13.4. The number of sulfonamides is 1. The Balaban J connectivity index is 2.39. The Morgan fingerprint density at radius 2 is 1.84 bits per heavy atom. The molecule has 174 valence electrons. The van der Waals surface area contributed by atoms with E-state index in [-0.39, 0.29) is 12.5 Å². The molecule has 0 heterocycles. The van der Waals surface area contributed by atoms with Crippen LogP contribution in [0.2, 0.25) is 0 Å². The summed E-state index contributed by atoms with van der Waals surface area (Å²) in [5.41, 5.74) is 1.10. The molecule has 2 aromatic rings. The molecule has 0 bridgehead atoms. The number of amides is 2. The first-order valence-corrected chi connectivity index (χ1v) is 12.6. The first-order valence-electron chi connectivity index (χ1n) is 10.00. The molecule has 0 saturated heterocycles. The van der Waals surface area contributed by atoms with Crippen molar-refractivity contribution in [3.05, 3.63) is 58.6 Å². The van der Waals surface area contributed by atoms with E-state index >= 15 is 0 Å². The van der Waals surface area contributed by atoms with Gasteiger partial charge in [-0.25, -0.2) is 8.42 Å². The molecule has 32 heavy (non-hydrogen) atoms. The number of nitrogens with zero attached hydrogens (tertiary/aromatic N) is 2. The zero-order valence-corrected chi connectivity index (χ0v) is 20.9. The Kier molecular flexibility index (Phi) is 9.09. The van der Waals surface area contributed by atoms with Gasteiger partial charge >= 0.3 is 0 Å². The summed E-state index contributed by atoms with van der Waals surface area (Å²) in [7, 11) is -2.31. The Labute approximate surface area is 197 Å². The number of anilines is 1. The van der Waals surface area contributed by atoms with E-state index in [0.717, 1.165) is 20.6 Å². The summed E-state index contributed by atoms with van der Waals surface area (Å²) in [6.45, 7) is 3.52. The van der Waals surface area contributed by atoms with E-state index in [2.05, 4.69) is 21.2 Å². The minimum absolute atomic E-state index is 0.145. The topological polar surface area (TPSA) is 96.0 Å². The molecule has 0 radical (unpaired) electrons. The number of nitrogens with one attached hydrogen (secondary N) is 1. The van der Waals surface area contributed by atoms with Crippen LogP contribution in [0.1, 0.15) is 19.4 Å². The fourth-order valence-electron chi connectivity index (χ4n) is 3.12. The Hall–Kier alpha value is -2.59. The predicted molar refractivity (Wildman–Crippen MR) is 128 cm³/mol. The fraction of sp³-hybridized carbons (Fsp3) is 0.364. The quantitative estimate of drug-likeness (QED) is 0.514. The Bertz CT molecular complexity index is 1060. The van der Waals surface area contributed by atoms with Crippen LogP contribution in [-0.2, 0) is 26.2 Å². The number of benzene rings is 2. The van der Waals surface area contributed by atoms with E-state index in [4.69, 9.17) is 4.74 Å². The van der Waals surface area contributed by atoms with Crippen LogP contribution in [0.3, 0.4) is 0 Å². The highest BCUT2D eigenvalue weighted by Crippen LogP contribution is 2.24. The van der Waals surface area contributed by atoms with Gasteiger partial charge in [-0.05, 0) is 43.7 Å². The number of hydrogen-bond acceptors (Lipinski definition) is 5. The molecule has 0 fully saturated rings. The first kappa shape index (κ1) is 25.7. The van der Waals surface area contributed by atoms with Crippen LogP contribution in [-0.4, -0.2) is 57.6 Å². The normalized spacial score (nSPS) is 12.0. The van der Waals surface area contributed by atoms with E-state index < -0.39 is 28.5 Å². The molecule has 2 amide bonds. The van der Waals surface area contributed by atoms with Crippen molar-refractivity contribution in [3.63, 3.8) is 0 Å². The molecule has 0 spiro atoms. The van der Waals surface area contributed by atoms with Gasteiger partial charge in [-0.15, -0.1) is 0 Å². The second-order valence-corrected chi connectivity index (χ2v) is 10.0. The molecule has 1 N–H and O–H groups in total. The van der Waals surface area contributed by atoms with Gasteiger partial charge in [0, 0.05) is 23.6 Å². The number of methoxy groups -OCH3 is 1. The number of halogens is 1. The molecule has 0 aliphatic rings. The average Bonchev–Trinajstić information content (AvgIpc) is 2.74. The summed E-state index contributed by atoms with van der Waals surface area (Å²) in [6.07, 6.45) is 1.03. The second kappa shape index (κ2) is 11.3. The summed E-state index contributed by atoms with van der Waals surface area (Å²) >= 11 is 3.41. The first-order chi connectivity index (χ1) is 15.1. The highest BCUT2D eigenvalue weighted by molar-refractivity contribution is 9.10. The largest absolute Gasteiger partial charge is 0.497 e. The fourth-order valence-corrected chi connectivity index (χ4v) is 4.40. The van der Waals surface area contributed by atoms with Crippen molar-refractivity contribution in [2.24, 2.45) is 0 Å². The van der Waals surface area contributed by atoms with E-state index in [9.17, 15) is 18.0 Å². The van der Waals surface area contributed by atoms with Crippen LogP contribution in [0.25, 0.3) is 0 Å². The van der Waals surface area contributed by atoms with Gasteiger partial charge in [0.1, 0.15) is 18.3 Å². The van der Waals surface area contributed by atoms with Crippen molar-refractivity contribution < 1.29 is 22.7 Å². The van der Waals surface area contributed by atoms with Crippen LogP contribution < -0.4 is 14.4 Å². The van der Waals surface area contributed by atoms with Gasteiger partial charge in [0.05, 0.1) is 19.1 Å². The minimum Gasteiger partial charge on any atom is -0.497 e. The molecule has 0 aromatic heterocycles. The molecule has 0 aliphatic heterocycles. The summed E-state index contributed by atoms with van der Waals surface area (Å²) in [6, 6.07) is 13.0. The molecule has 1 atom stereocenters. The van der Waals surface area contributed by atoms with Crippen molar-refractivity contribution in [1.82, 2.24) is 10.2 Å². The number of rotatable bonds is 10. The lowest BCUT2D eigenvalue weighted by molar-refractivity contribution is -0.139. The van der Waals surface area contributed by atoms with Crippen molar-refractivity contribution >= 4 is 43.5 Å². The number of ether oxygens (including phenoxy) is 1.